The van der Waals surface area contributed by atoms with Crippen LogP contribution in [0.1, 0.15) is 10.4 Å². The molecule has 0 fully saturated rings. The highest BCUT2D eigenvalue weighted by Gasteiger charge is 2.10. The molecule has 0 radical (unpaired) electrons. The Hall–Kier alpha value is -1.40. The van der Waals surface area contributed by atoms with Crippen molar-refractivity contribution >= 4 is 33.3 Å². The van der Waals surface area contributed by atoms with E-state index in [1.807, 2.05) is 12.1 Å². The fourth-order valence-corrected chi connectivity index (χ4v) is 3.24. The number of amides is 2. The first-order valence-electron chi connectivity index (χ1n) is 6.02. The van der Waals surface area contributed by atoms with Crippen LogP contribution in [0.25, 0.3) is 0 Å². The summed E-state index contributed by atoms with van der Waals surface area (Å²) in [6, 6.07) is 9.95. The number of hydrogen-bond donors (Lipinski definition) is 1. The van der Waals surface area contributed by atoms with Crippen molar-refractivity contribution in [3.05, 3.63) is 56.4 Å². The Morgan fingerprint density at radius 2 is 2.20 bits per heavy atom. The normalized spacial score (nSPS) is 10.3. The van der Waals surface area contributed by atoms with Crippen molar-refractivity contribution in [3.63, 3.8) is 0 Å². The Morgan fingerprint density at radius 3 is 2.85 bits per heavy atom. The molecule has 0 spiro atoms. The summed E-state index contributed by atoms with van der Waals surface area (Å²) in [5, 5.41) is 2.77. The van der Waals surface area contributed by atoms with Gasteiger partial charge in [0.2, 0.25) is 0 Å². The molecule has 6 heteroatoms. The molecule has 0 bridgehead atoms. The lowest BCUT2D eigenvalue weighted by Gasteiger charge is -2.17. The van der Waals surface area contributed by atoms with Crippen LogP contribution < -0.4 is 5.32 Å². The number of benzene rings is 1. The number of nitrogens with zero attached hydrogens (tertiary/aromatic N) is 1. The van der Waals surface area contributed by atoms with Crippen molar-refractivity contribution in [3.8, 4) is 0 Å². The summed E-state index contributed by atoms with van der Waals surface area (Å²) >= 11 is 4.99. The summed E-state index contributed by atoms with van der Waals surface area (Å²) in [6.45, 7) is 0.861. The van der Waals surface area contributed by atoms with E-state index in [4.69, 9.17) is 0 Å². The number of carbonyl (C=O) groups is 1. The number of hydrogen-bond acceptors (Lipinski definition) is 2. The van der Waals surface area contributed by atoms with Gasteiger partial charge in [0.15, 0.2) is 0 Å². The Balaban J connectivity index is 1.85. The maximum Gasteiger partial charge on any atom is 0.317 e. The number of urea groups is 1. The molecule has 2 aromatic rings. The van der Waals surface area contributed by atoms with E-state index in [-0.39, 0.29) is 11.8 Å². The van der Waals surface area contributed by atoms with Crippen LogP contribution in [0.2, 0.25) is 0 Å². The monoisotopic (exact) mass is 356 g/mol. The zero-order valence-electron chi connectivity index (χ0n) is 10.9. The molecule has 0 aliphatic heterocycles. The van der Waals surface area contributed by atoms with E-state index in [1.165, 1.54) is 12.1 Å². The van der Waals surface area contributed by atoms with Crippen molar-refractivity contribution < 1.29 is 9.18 Å². The summed E-state index contributed by atoms with van der Waals surface area (Å²) in [5.41, 5.74) is 0.741. The molecule has 1 N–H and O–H groups in total. The molecule has 0 atom stereocenters. The standard InChI is InChI=1S/C14H14BrFN2OS/c1-18(9-12-5-6-13(15)20-12)14(19)17-8-10-3-2-4-11(16)7-10/h2-7H,8-9H2,1H3,(H,17,19). The van der Waals surface area contributed by atoms with Crippen molar-refractivity contribution in [2.24, 2.45) is 0 Å². The van der Waals surface area contributed by atoms with Crippen LogP contribution in [0.3, 0.4) is 0 Å². The van der Waals surface area contributed by atoms with Gasteiger partial charge in [0.05, 0.1) is 10.3 Å². The summed E-state index contributed by atoms with van der Waals surface area (Å²) in [7, 11) is 1.73. The summed E-state index contributed by atoms with van der Waals surface area (Å²) in [6.07, 6.45) is 0. The van der Waals surface area contributed by atoms with E-state index in [1.54, 1.807) is 35.4 Å². The molecule has 1 aromatic heterocycles. The number of thiophene rings is 1. The highest BCUT2D eigenvalue weighted by Crippen LogP contribution is 2.22. The summed E-state index contributed by atoms with van der Waals surface area (Å²) in [4.78, 5) is 14.6. The molecule has 1 aromatic carbocycles. The largest absolute Gasteiger partial charge is 0.334 e. The van der Waals surface area contributed by atoms with Crippen molar-refractivity contribution in [1.82, 2.24) is 10.2 Å². The van der Waals surface area contributed by atoms with Crippen LogP contribution in [-0.2, 0) is 13.1 Å². The molecule has 3 nitrogen and oxygen atoms in total. The third kappa shape index (κ3) is 4.31. The molecule has 0 unspecified atom stereocenters. The molecular formula is C14H14BrFN2OS. The van der Waals surface area contributed by atoms with Crippen molar-refractivity contribution in [1.29, 1.82) is 0 Å². The maximum atomic E-state index is 13.0. The van der Waals surface area contributed by atoms with E-state index in [2.05, 4.69) is 21.2 Å². The van der Waals surface area contributed by atoms with Crippen molar-refractivity contribution in [2.75, 3.05) is 7.05 Å². The average molecular weight is 357 g/mol. The number of halogens is 2. The van der Waals surface area contributed by atoms with E-state index < -0.39 is 0 Å². The minimum absolute atomic E-state index is 0.182. The van der Waals surface area contributed by atoms with Gasteiger partial charge in [0.25, 0.3) is 0 Å². The van der Waals surface area contributed by atoms with Gasteiger partial charge in [-0.3, -0.25) is 0 Å². The number of carbonyl (C=O) groups excluding carboxylic acids is 1. The van der Waals surface area contributed by atoms with Gasteiger partial charge in [-0.1, -0.05) is 12.1 Å². The van der Waals surface area contributed by atoms with E-state index >= 15 is 0 Å². The second kappa shape index (κ2) is 6.85. The third-order valence-corrected chi connectivity index (χ3v) is 4.31. The molecule has 0 aliphatic carbocycles. The predicted octanol–water partition coefficient (Wildman–Crippen LogP) is 3.99. The van der Waals surface area contributed by atoms with Gasteiger partial charge < -0.3 is 10.2 Å². The first-order valence-corrected chi connectivity index (χ1v) is 7.63. The smallest absolute Gasteiger partial charge is 0.317 e. The van der Waals surface area contributed by atoms with Gasteiger partial charge >= 0.3 is 6.03 Å². The predicted molar refractivity (Wildman–Crippen MR) is 82.1 cm³/mol. The summed E-state index contributed by atoms with van der Waals surface area (Å²) < 4.78 is 14.1. The van der Waals surface area contributed by atoms with E-state index in [0.29, 0.717) is 13.1 Å². The van der Waals surface area contributed by atoms with Crippen LogP contribution in [-0.4, -0.2) is 18.0 Å². The summed E-state index contributed by atoms with van der Waals surface area (Å²) in [5.74, 6) is -0.298. The topological polar surface area (TPSA) is 32.3 Å². The Labute approximate surface area is 129 Å². The third-order valence-electron chi connectivity index (χ3n) is 2.70. The first kappa shape index (κ1) is 15.0. The van der Waals surface area contributed by atoms with Gasteiger partial charge in [-0.05, 0) is 45.8 Å². The second-order valence-electron chi connectivity index (χ2n) is 4.35. The molecule has 0 aliphatic rings. The molecule has 0 saturated heterocycles. The lowest BCUT2D eigenvalue weighted by Crippen LogP contribution is -2.36. The fraction of sp³-hybridized carbons (Fsp3) is 0.214. The van der Waals surface area contributed by atoms with E-state index in [9.17, 15) is 9.18 Å². The molecule has 20 heavy (non-hydrogen) atoms. The van der Waals surface area contributed by atoms with Gasteiger partial charge in [0, 0.05) is 18.5 Å². The number of nitrogens with one attached hydrogen (secondary N) is 1. The Kier molecular flexibility index (Phi) is 5.14. The van der Waals surface area contributed by atoms with Gasteiger partial charge in [-0.2, -0.15) is 0 Å². The number of rotatable bonds is 4. The average Bonchev–Trinajstić information content (AvgIpc) is 2.81. The van der Waals surface area contributed by atoms with Crippen LogP contribution in [0.5, 0.6) is 0 Å². The molecule has 1 heterocycles. The van der Waals surface area contributed by atoms with Gasteiger partial charge in [0.1, 0.15) is 5.82 Å². The Morgan fingerprint density at radius 1 is 1.40 bits per heavy atom. The minimum Gasteiger partial charge on any atom is -0.334 e. The highest BCUT2D eigenvalue weighted by atomic mass is 79.9. The van der Waals surface area contributed by atoms with Gasteiger partial charge in [-0.25, -0.2) is 9.18 Å². The molecule has 2 amide bonds. The SMILES string of the molecule is CN(Cc1ccc(Br)s1)C(=O)NCc1cccc(F)c1. The molecule has 106 valence electrons. The zero-order valence-corrected chi connectivity index (χ0v) is 13.3. The molecular weight excluding hydrogens is 343 g/mol. The Bertz CT molecular complexity index is 602. The van der Waals surface area contributed by atoms with Crippen LogP contribution in [0.15, 0.2) is 40.2 Å². The van der Waals surface area contributed by atoms with Crippen LogP contribution >= 0.6 is 27.3 Å². The lowest BCUT2D eigenvalue weighted by molar-refractivity contribution is 0.207. The fourth-order valence-electron chi connectivity index (χ4n) is 1.70. The zero-order chi connectivity index (χ0) is 14.5. The first-order chi connectivity index (χ1) is 9.54. The second-order valence-corrected chi connectivity index (χ2v) is 6.90. The molecule has 2 rings (SSSR count). The van der Waals surface area contributed by atoms with Crippen LogP contribution in [0.4, 0.5) is 9.18 Å². The highest BCUT2D eigenvalue weighted by molar-refractivity contribution is 9.11. The lowest BCUT2D eigenvalue weighted by atomic mass is 10.2. The minimum atomic E-state index is -0.298. The van der Waals surface area contributed by atoms with Gasteiger partial charge in [-0.15, -0.1) is 11.3 Å². The quantitative estimate of drug-likeness (QED) is 0.882. The van der Waals surface area contributed by atoms with Crippen molar-refractivity contribution in [2.45, 2.75) is 13.1 Å². The van der Waals surface area contributed by atoms with E-state index in [0.717, 1.165) is 14.2 Å². The molecule has 0 saturated carbocycles. The van der Waals surface area contributed by atoms with Crippen LogP contribution in [0, 0.1) is 5.82 Å². The maximum absolute atomic E-state index is 13.0.